The third kappa shape index (κ3) is 3.26. The average molecular weight is 487 g/mol. The van der Waals surface area contributed by atoms with E-state index in [1.165, 1.54) is 5.56 Å². The van der Waals surface area contributed by atoms with Crippen LogP contribution in [0, 0.1) is 10.7 Å². The fraction of sp³-hybridized carbons (Fsp3) is 0.250. The number of morpholine rings is 1. The van der Waals surface area contributed by atoms with Crippen LogP contribution in [-0.2, 0) is 4.74 Å². The summed E-state index contributed by atoms with van der Waals surface area (Å²) in [6.07, 6.45) is 1.90. The van der Waals surface area contributed by atoms with E-state index >= 15 is 0 Å². The van der Waals surface area contributed by atoms with Crippen molar-refractivity contribution in [2.75, 3.05) is 31.2 Å². The Kier molecular flexibility index (Phi) is 4.52. The Labute approximate surface area is 175 Å². The number of halogens is 1. The first-order chi connectivity index (χ1) is 13.7. The normalized spacial score (nSPS) is 14.7. The van der Waals surface area contributed by atoms with Crippen LogP contribution in [0.2, 0.25) is 0 Å². The fourth-order valence-electron chi connectivity index (χ4n) is 3.36. The molecule has 28 heavy (non-hydrogen) atoms. The zero-order chi connectivity index (χ0) is 19.1. The molecule has 1 fully saturated rings. The maximum Gasteiger partial charge on any atom is 0.253 e. The minimum atomic E-state index is 0.532. The first-order valence-electron chi connectivity index (χ1n) is 9.10. The molecule has 0 radical (unpaired) electrons. The minimum absolute atomic E-state index is 0.532. The summed E-state index contributed by atoms with van der Waals surface area (Å²) >= 11 is 2.16. The molecule has 4 aromatic rings. The molecular formula is C20H18IN5O2. The molecule has 1 aliphatic rings. The zero-order valence-corrected chi connectivity index (χ0v) is 17.5. The Bertz CT molecular complexity index is 1150. The SMILES string of the molecule is Cc1cccc(-c2ccn(-c3nc(N4CCOCC4)c4oc(I)cc4n3)n2)c1. The molecule has 0 saturated carbocycles. The second kappa shape index (κ2) is 7.17. The number of aryl methyl sites for hydroxylation is 1. The van der Waals surface area contributed by atoms with Crippen molar-refractivity contribution in [3.8, 4) is 17.2 Å². The van der Waals surface area contributed by atoms with Gasteiger partial charge in [-0.05, 0) is 41.6 Å². The van der Waals surface area contributed by atoms with Crippen LogP contribution in [-0.4, -0.2) is 46.1 Å². The van der Waals surface area contributed by atoms with Crippen molar-refractivity contribution in [1.82, 2.24) is 19.7 Å². The number of fused-ring (bicyclic) bond motifs is 1. The van der Waals surface area contributed by atoms with E-state index in [1.807, 2.05) is 24.4 Å². The highest BCUT2D eigenvalue weighted by Gasteiger charge is 2.21. The van der Waals surface area contributed by atoms with Crippen molar-refractivity contribution in [3.05, 3.63) is 51.9 Å². The first kappa shape index (κ1) is 17.6. The summed E-state index contributed by atoms with van der Waals surface area (Å²) in [5.74, 6) is 1.32. The molecule has 8 heteroatoms. The monoisotopic (exact) mass is 487 g/mol. The average Bonchev–Trinajstić information content (AvgIpc) is 3.34. The lowest BCUT2D eigenvalue weighted by Crippen LogP contribution is -2.37. The van der Waals surface area contributed by atoms with Gasteiger partial charge in [0.05, 0.1) is 18.9 Å². The topological polar surface area (TPSA) is 69.2 Å². The van der Waals surface area contributed by atoms with Gasteiger partial charge in [-0.1, -0.05) is 23.8 Å². The van der Waals surface area contributed by atoms with Crippen LogP contribution < -0.4 is 4.90 Å². The molecule has 0 bridgehead atoms. The molecule has 142 valence electrons. The predicted molar refractivity (Wildman–Crippen MR) is 115 cm³/mol. The molecule has 1 aliphatic heterocycles. The second-order valence-corrected chi connectivity index (χ2v) is 7.79. The molecule has 1 saturated heterocycles. The molecule has 0 aliphatic carbocycles. The van der Waals surface area contributed by atoms with Crippen LogP contribution in [0.4, 0.5) is 5.82 Å². The quantitative estimate of drug-likeness (QED) is 0.410. The van der Waals surface area contributed by atoms with Gasteiger partial charge in [-0.2, -0.15) is 10.1 Å². The summed E-state index contributed by atoms with van der Waals surface area (Å²) in [7, 11) is 0. The third-order valence-electron chi connectivity index (χ3n) is 4.73. The number of nitrogens with zero attached hydrogens (tertiary/aromatic N) is 5. The number of furan rings is 1. The summed E-state index contributed by atoms with van der Waals surface area (Å²) < 4.78 is 13.9. The van der Waals surface area contributed by atoms with Gasteiger partial charge in [0.25, 0.3) is 5.95 Å². The number of ether oxygens (including phenoxy) is 1. The van der Waals surface area contributed by atoms with Gasteiger partial charge in [0.1, 0.15) is 5.52 Å². The van der Waals surface area contributed by atoms with E-state index < -0.39 is 0 Å². The standard InChI is InChI=1S/C20H18IN5O2/c1-13-3-2-4-14(11-13)15-5-6-26(24-15)20-22-16-12-17(21)28-18(16)19(23-20)25-7-9-27-10-8-25/h2-6,11-12H,7-10H2,1H3. The van der Waals surface area contributed by atoms with Crippen LogP contribution in [0.5, 0.6) is 0 Å². The summed E-state index contributed by atoms with van der Waals surface area (Å²) in [5, 5.41) is 4.71. The van der Waals surface area contributed by atoms with Gasteiger partial charge < -0.3 is 14.1 Å². The van der Waals surface area contributed by atoms with Crippen molar-refractivity contribution >= 4 is 39.5 Å². The van der Waals surface area contributed by atoms with Gasteiger partial charge in [-0.15, -0.1) is 0 Å². The number of benzene rings is 1. The lowest BCUT2D eigenvalue weighted by Gasteiger charge is -2.27. The van der Waals surface area contributed by atoms with Crippen molar-refractivity contribution in [1.29, 1.82) is 0 Å². The Balaban J connectivity index is 1.59. The van der Waals surface area contributed by atoms with Gasteiger partial charge in [-0.3, -0.25) is 0 Å². The molecule has 0 unspecified atom stereocenters. The van der Waals surface area contributed by atoms with Gasteiger partial charge in [0.15, 0.2) is 15.2 Å². The van der Waals surface area contributed by atoms with E-state index in [0.717, 1.165) is 39.4 Å². The molecule has 3 aromatic heterocycles. The molecule has 5 rings (SSSR count). The summed E-state index contributed by atoms with van der Waals surface area (Å²) in [6.45, 7) is 4.98. The lowest BCUT2D eigenvalue weighted by atomic mass is 10.1. The van der Waals surface area contributed by atoms with Crippen LogP contribution in [0.1, 0.15) is 5.56 Å². The maximum absolute atomic E-state index is 5.88. The van der Waals surface area contributed by atoms with E-state index in [9.17, 15) is 0 Å². The smallest absolute Gasteiger partial charge is 0.253 e. The van der Waals surface area contributed by atoms with Crippen LogP contribution >= 0.6 is 22.6 Å². The van der Waals surface area contributed by atoms with E-state index in [2.05, 4.69) is 57.6 Å². The van der Waals surface area contributed by atoms with E-state index in [-0.39, 0.29) is 0 Å². The van der Waals surface area contributed by atoms with E-state index in [1.54, 1.807) is 4.68 Å². The maximum atomic E-state index is 5.88. The van der Waals surface area contributed by atoms with Crippen molar-refractivity contribution in [2.24, 2.45) is 0 Å². The largest absolute Gasteiger partial charge is 0.445 e. The van der Waals surface area contributed by atoms with E-state index in [4.69, 9.17) is 19.2 Å². The third-order valence-corrected chi connectivity index (χ3v) is 5.26. The fourth-order valence-corrected chi connectivity index (χ4v) is 3.87. The van der Waals surface area contributed by atoms with Gasteiger partial charge in [0, 0.05) is 30.9 Å². The number of hydrogen-bond donors (Lipinski definition) is 0. The number of aromatic nitrogens is 4. The molecule has 0 spiro atoms. The summed E-state index contributed by atoms with van der Waals surface area (Å²) in [6, 6.07) is 12.2. The molecule has 0 N–H and O–H groups in total. The Morgan fingerprint density at radius 2 is 1.93 bits per heavy atom. The molecule has 7 nitrogen and oxygen atoms in total. The van der Waals surface area contributed by atoms with Crippen LogP contribution in [0.3, 0.4) is 0 Å². The Morgan fingerprint density at radius 1 is 1.07 bits per heavy atom. The minimum Gasteiger partial charge on any atom is -0.445 e. The predicted octanol–water partition coefficient (Wildman–Crippen LogP) is 3.83. The first-order valence-corrected chi connectivity index (χ1v) is 10.2. The molecule has 1 aromatic carbocycles. The molecule has 0 atom stereocenters. The van der Waals surface area contributed by atoms with Crippen LogP contribution in [0.15, 0.2) is 47.0 Å². The summed E-state index contributed by atoms with van der Waals surface area (Å²) in [4.78, 5) is 11.7. The highest BCUT2D eigenvalue weighted by molar-refractivity contribution is 14.1. The van der Waals surface area contributed by atoms with Crippen molar-refractivity contribution in [3.63, 3.8) is 0 Å². The molecule has 4 heterocycles. The molecule has 0 amide bonds. The van der Waals surface area contributed by atoms with Crippen molar-refractivity contribution < 1.29 is 9.15 Å². The van der Waals surface area contributed by atoms with Gasteiger partial charge >= 0.3 is 0 Å². The zero-order valence-electron chi connectivity index (χ0n) is 15.3. The van der Waals surface area contributed by atoms with Crippen molar-refractivity contribution in [2.45, 2.75) is 6.92 Å². The summed E-state index contributed by atoms with van der Waals surface area (Å²) in [5.41, 5.74) is 4.66. The Hall–Kier alpha value is -2.46. The lowest BCUT2D eigenvalue weighted by molar-refractivity contribution is 0.122. The highest BCUT2D eigenvalue weighted by Crippen LogP contribution is 2.29. The number of rotatable bonds is 3. The number of anilines is 1. The van der Waals surface area contributed by atoms with Crippen LogP contribution in [0.25, 0.3) is 28.3 Å². The molecular weight excluding hydrogens is 469 g/mol. The number of hydrogen-bond acceptors (Lipinski definition) is 6. The second-order valence-electron chi connectivity index (χ2n) is 6.73. The van der Waals surface area contributed by atoms with E-state index in [0.29, 0.717) is 24.7 Å². The highest BCUT2D eigenvalue weighted by atomic mass is 127. The van der Waals surface area contributed by atoms with Gasteiger partial charge in [0.2, 0.25) is 0 Å². The Morgan fingerprint density at radius 3 is 2.75 bits per heavy atom. The van der Waals surface area contributed by atoms with Gasteiger partial charge in [-0.25, -0.2) is 9.67 Å².